The van der Waals surface area contributed by atoms with E-state index in [1.54, 1.807) is 6.07 Å². The van der Waals surface area contributed by atoms with Crippen molar-refractivity contribution >= 4 is 17.1 Å². The van der Waals surface area contributed by atoms with Gasteiger partial charge in [0.15, 0.2) is 0 Å². The first-order valence-corrected chi connectivity index (χ1v) is 9.83. The molecule has 0 unspecified atom stereocenters. The third kappa shape index (κ3) is 3.50. The summed E-state index contributed by atoms with van der Waals surface area (Å²) in [6, 6.07) is 22.8. The van der Waals surface area contributed by atoms with Crippen molar-refractivity contribution in [3.8, 4) is 22.4 Å². The standard InChI is InChI=1S/C25H24N4O/c1-25(2,3)18-11-9-17(10-12-18)23-19(16-7-5-4-6-8-16)15-21-20(28-23)13-14-22(26)29(21)24(27)30/h4-15,26H,1-3H3,(H2,27,30). The molecule has 150 valence electrons. The van der Waals surface area contributed by atoms with Crippen molar-refractivity contribution in [1.82, 2.24) is 9.55 Å². The maximum Gasteiger partial charge on any atom is 0.325 e. The first kappa shape index (κ1) is 19.6. The van der Waals surface area contributed by atoms with Gasteiger partial charge >= 0.3 is 6.03 Å². The van der Waals surface area contributed by atoms with Gasteiger partial charge in [-0.05, 0) is 34.7 Å². The molecule has 0 saturated carbocycles. The molecule has 4 aromatic rings. The summed E-state index contributed by atoms with van der Waals surface area (Å²) in [4.78, 5) is 16.9. The second-order valence-corrected chi connectivity index (χ2v) is 8.37. The SMILES string of the molecule is CC(C)(C)c1ccc(-c2nc3ccc(=N)n(C(N)=O)c3cc2-c2ccccc2)cc1. The summed E-state index contributed by atoms with van der Waals surface area (Å²) in [5.41, 5.74) is 11.7. The number of hydrogen-bond donors (Lipinski definition) is 2. The van der Waals surface area contributed by atoms with E-state index in [9.17, 15) is 4.79 Å². The van der Waals surface area contributed by atoms with Gasteiger partial charge in [0.1, 0.15) is 5.49 Å². The highest BCUT2D eigenvalue weighted by molar-refractivity contribution is 5.94. The predicted molar refractivity (Wildman–Crippen MR) is 120 cm³/mol. The number of aromatic nitrogens is 2. The first-order valence-electron chi connectivity index (χ1n) is 9.83. The molecule has 0 aliphatic rings. The molecule has 0 atom stereocenters. The number of rotatable bonds is 2. The highest BCUT2D eigenvalue weighted by atomic mass is 16.2. The van der Waals surface area contributed by atoms with E-state index >= 15 is 0 Å². The Bertz CT molecular complexity index is 1300. The van der Waals surface area contributed by atoms with Crippen molar-refractivity contribution < 1.29 is 4.79 Å². The second-order valence-electron chi connectivity index (χ2n) is 8.37. The number of hydrogen-bond acceptors (Lipinski definition) is 3. The summed E-state index contributed by atoms with van der Waals surface area (Å²) in [6.07, 6.45) is 0. The molecule has 5 heteroatoms. The molecule has 0 aliphatic heterocycles. The molecule has 0 bridgehead atoms. The number of amides is 1. The van der Waals surface area contributed by atoms with Gasteiger partial charge in [-0.2, -0.15) is 0 Å². The molecular weight excluding hydrogens is 372 g/mol. The minimum atomic E-state index is -0.700. The summed E-state index contributed by atoms with van der Waals surface area (Å²) >= 11 is 0. The lowest BCUT2D eigenvalue weighted by molar-refractivity contribution is 0.250. The molecule has 3 N–H and O–H groups in total. The van der Waals surface area contributed by atoms with Crippen molar-refractivity contribution in [3.63, 3.8) is 0 Å². The van der Waals surface area contributed by atoms with E-state index < -0.39 is 6.03 Å². The molecule has 2 aromatic heterocycles. The van der Waals surface area contributed by atoms with E-state index in [4.69, 9.17) is 16.1 Å². The number of primary amides is 1. The van der Waals surface area contributed by atoms with Gasteiger partial charge in [0, 0.05) is 11.1 Å². The zero-order chi connectivity index (χ0) is 21.5. The van der Waals surface area contributed by atoms with Crippen LogP contribution in [-0.2, 0) is 5.41 Å². The number of nitrogens with zero attached hydrogens (tertiary/aromatic N) is 2. The summed E-state index contributed by atoms with van der Waals surface area (Å²) in [5, 5.41) is 8.09. The number of nitrogens with two attached hydrogens (primary N) is 1. The quantitative estimate of drug-likeness (QED) is 0.495. The molecule has 5 nitrogen and oxygen atoms in total. The van der Waals surface area contributed by atoms with Gasteiger partial charge in [-0.15, -0.1) is 0 Å². The van der Waals surface area contributed by atoms with E-state index in [-0.39, 0.29) is 10.9 Å². The van der Waals surface area contributed by atoms with Gasteiger partial charge < -0.3 is 5.73 Å². The van der Waals surface area contributed by atoms with Crippen LogP contribution in [0.2, 0.25) is 0 Å². The van der Waals surface area contributed by atoms with E-state index in [0.29, 0.717) is 11.0 Å². The summed E-state index contributed by atoms with van der Waals surface area (Å²) in [6.45, 7) is 6.56. The van der Waals surface area contributed by atoms with Gasteiger partial charge in [-0.3, -0.25) is 5.41 Å². The van der Waals surface area contributed by atoms with Crippen LogP contribution in [0, 0.1) is 5.41 Å². The minimum absolute atomic E-state index is 0.0260. The van der Waals surface area contributed by atoms with Crippen LogP contribution in [0.25, 0.3) is 33.4 Å². The van der Waals surface area contributed by atoms with Crippen LogP contribution < -0.4 is 11.2 Å². The summed E-state index contributed by atoms with van der Waals surface area (Å²) in [7, 11) is 0. The molecule has 0 saturated heterocycles. The minimum Gasteiger partial charge on any atom is -0.351 e. The number of fused-ring (bicyclic) bond motifs is 1. The fourth-order valence-corrected chi connectivity index (χ4v) is 3.60. The van der Waals surface area contributed by atoms with E-state index in [1.165, 1.54) is 16.2 Å². The molecule has 0 radical (unpaired) electrons. The first-order chi connectivity index (χ1) is 14.3. The van der Waals surface area contributed by atoms with Crippen LogP contribution in [0.15, 0.2) is 72.8 Å². The fourth-order valence-electron chi connectivity index (χ4n) is 3.60. The third-order valence-corrected chi connectivity index (χ3v) is 5.24. The zero-order valence-corrected chi connectivity index (χ0v) is 17.3. The van der Waals surface area contributed by atoms with Gasteiger partial charge in [-0.1, -0.05) is 75.4 Å². The summed E-state index contributed by atoms with van der Waals surface area (Å²) in [5.74, 6) is 0. The van der Waals surface area contributed by atoms with Crippen molar-refractivity contribution in [2.24, 2.45) is 5.73 Å². The van der Waals surface area contributed by atoms with Crippen LogP contribution in [0.5, 0.6) is 0 Å². The predicted octanol–water partition coefficient (Wildman–Crippen LogP) is 5.07. The Hall–Kier alpha value is -3.73. The highest BCUT2D eigenvalue weighted by Gasteiger charge is 2.17. The van der Waals surface area contributed by atoms with Gasteiger partial charge in [0.05, 0.1) is 16.7 Å². The number of pyridine rings is 2. The van der Waals surface area contributed by atoms with Crippen LogP contribution in [-0.4, -0.2) is 15.6 Å². The number of carbonyl (C=O) groups excluding carboxylic acids is 1. The Labute approximate surface area is 175 Å². The number of benzene rings is 2. The Kier molecular flexibility index (Phi) is 4.74. The normalized spacial score (nSPS) is 11.6. The van der Waals surface area contributed by atoms with E-state index in [2.05, 4.69) is 45.0 Å². The lowest BCUT2D eigenvalue weighted by atomic mass is 9.86. The van der Waals surface area contributed by atoms with Crippen molar-refractivity contribution in [3.05, 3.63) is 83.8 Å². The molecule has 2 aromatic carbocycles. The Morgan fingerprint density at radius 2 is 1.60 bits per heavy atom. The molecule has 4 rings (SSSR count). The molecular formula is C25H24N4O. The molecule has 0 spiro atoms. The molecule has 2 heterocycles. The van der Waals surface area contributed by atoms with Crippen molar-refractivity contribution in [2.45, 2.75) is 26.2 Å². The number of carbonyl (C=O) groups is 1. The Balaban J connectivity index is 2.02. The molecule has 1 amide bonds. The monoisotopic (exact) mass is 396 g/mol. The van der Waals surface area contributed by atoms with Crippen LogP contribution in [0.3, 0.4) is 0 Å². The molecule has 0 fully saturated rings. The largest absolute Gasteiger partial charge is 0.351 e. The average Bonchev–Trinajstić information content (AvgIpc) is 2.72. The lowest BCUT2D eigenvalue weighted by Crippen LogP contribution is -2.31. The van der Waals surface area contributed by atoms with Crippen LogP contribution in [0.4, 0.5) is 4.79 Å². The maximum absolute atomic E-state index is 12.0. The summed E-state index contributed by atoms with van der Waals surface area (Å²) < 4.78 is 1.18. The van der Waals surface area contributed by atoms with Crippen LogP contribution >= 0.6 is 0 Å². The number of nitrogens with one attached hydrogen (secondary N) is 1. The van der Waals surface area contributed by atoms with Crippen LogP contribution in [0.1, 0.15) is 26.3 Å². The maximum atomic E-state index is 12.0. The van der Waals surface area contributed by atoms with Crippen molar-refractivity contribution in [2.75, 3.05) is 0 Å². The zero-order valence-electron chi connectivity index (χ0n) is 17.3. The van der Waals surface area contributed by atoms with Gasteiger partial charge in [-0.25, -0.2) is 14.3 Å². The smallest absolute Gasteiger partial charge is 0.325 e. The highest BCUT2D eigenvalue weighted by Crippen LogP contribution is 2.34. The second kappa shape index (κ2) is 7.26. The Morgan fingerprint density at radius 3 is 2.20 bits per heavy atom. The van der Waals surface area contributed by atoms with Gasteiger partial charge in [0.25, 0.3) is 0 Å². The van der Waals surface area contributed by atoms with Crippen molar-refractivity contribution in [1.29, 1.82) is 5.41 Å². The topological polar surface area (TPSA) is 84.8 Å². The molecule has 30 heavy (non-hydrogen) atoms. The molecule has 0 aliphatic carbocycles. The van der Waals surface area contributed by atoms with E-state index in [0.717, 1.165) is 22.4 Å². The fraction of sp³-hybridized carbons (Fsp3) is 0.160. The average molecular weight is 396 g/mol. The Morgan fingerprint density at radius 1 is 0.933 bits per heavy atom. The van der Waals surface area contributed by atoms with E-state index in [1.807, 2.05) is 36.4 Å². The third-order valence-electron chi connectivity index (χ3n) is 5.24. The van der Waals surface area contributed by atoms with Gasteiger partial charge in [0.2, 0.25) is 0 Å². The lowest BCUT2D eigenvalue weighted by Gasteiger charge is -2.19.